The number of hydrogen-bond acceptors (Lipinski definition) is 3. The van der Waals surface area contributed by atoms with Crippen molar-refractivity contribution in [3.8, 4) is 0 Å². The van der Waals surface area contributed by atoms with Crippen LogP contribution in [0.15, 0.2) is 71.7 Å². The molecular weight excluding hydrogens is 380 g/mol. The van der Waals surface area contributed by atoms with Crippen molar-refractivity contribution in [1.82, 2.24) is 0 Å². The zero-order valence-corrected chi connectivity index (χ0v) is 16.0. The highest BCUT2D eigenvalue weighted by atomic mass is 79.9. The molecule has 2 aromatic carbocycles. The van der Waals surface area contributed by atoms with Gasteiger partial charge in [0, 0.05) is 11.1 Å². The van der Waals surface area contributed by atoms with E-state index in [0.717, 1.165) is 28.4 Å². The molecule has 2 rings (SSSR count). The van der Waals surface area contributed by atoms with Gasteiger partial charge in [0.2, 0.25) is 0 Å². The van der Waals surface area contributed by atoms with Gasteiger partial charge in [-0.05, 0) is 36.1 Å². The third-order valence-corrected chi connectivity index (χ3v) is 4.22. The second-order valence-electron chi connectivity index (χ2n) is 5.73. The number of benzene rings is 2. The quantitative estimate of drug-likeness (QED) is 0.266. The molecule has 0 unspecified atom stereocenters. The van der Waals surface area contributed by atoms with Crippen LogP contribution in [0.1, 0.15) is 24.0 Å². The highest BCUT2D eigenvalue weighted by Crippen LogP contribution is 2.12. The smallest absolute Gasteiger partial charge is 0.147 e. The molecular formula is C21H25BrO3. The van der Waals surface area contributed by atoms with Crippen molar-refractivity contribution in [3.05, 3.63) is 82.9 Å². The lowest BCUT2D eigenvalue weighted by atomic mass is 10.2. The van der Waals surface area contributed by atoms with Gasteiger partial charge in [0.1, 0.15) is 6.79 Å². The number of halogens is 1. The average Bonchev–Trinajstić information content (AvgIpc) is 2.64. The molecule has 0 amide bonds. The van der Waals surface area contributed by atoms with Gasteiger partial charge in [-0.1, -0.05) is 64.5 Å². The van der Waals surface area contributed by atoms with E-state index >= 15 is 0 Å². The van der Waals surface area contributed by atoms with Crippen LogP contribution in [0.3, 0.4) is 0 Å². The molecule has 0 aliphatic heterocycles. The predicted octanol–water partition coefficient (Wildman–Crippen LogP) is 5.49. The summed E-state index contributed by atoms with van der Waals surface area (Å²) >= 11 is 3.43. The third-order valence-electron chi connectivity index (χ3n) is 3.69. The minimum atomic E-state index is 0.0678. The van der Waals surface area contributed by atoms with Crippen LogP contribution >= 0.6 is 15.9 Å². The van der Waals surface area contributed by atoms with E-state index in [0.29, 0.717) is 19.8 Å². The fourth-order valence-corrected chi connectivity index (χ4v) is 2.58. The Morgan fingerprint density at radius 1 is 0.920 bits per heavy atom. The van der Waals surface area contributed by atoms with Crippen LogP contribution < -0.4 is 0 Å². The summed E-state index contributed by atoms with van der Waals surface area (Å²) in [5.74, 6) is 0. The lowest BCUT2D eigenvalue weighted by molar-refractivity contribution is -0.102. The first kappa shape index (κ1) is 19.9. The Morgan fingerprint density at radius 2 is 1.60 bits per heavy atom. The van der Waals surface area contributed by atoms with Gasteiger partial charge in [0.05, 0.1) is 19.3 Å². The van der Waals surface area contributed by atoms with Crippen molar-refractivity contribution in [1.29, 1.82) is 0 Å². The molecule has 0 spiro atoms. The highest BCUT2D eigenvalue weighted by molar-refractivity contribution is 9.10. The molecule has 0 aliphatic carbocycles. The highest BCUT2D eigenvalue weighted by Gasteiger charge is 2.07. The SMILES string of the molecule is C=CC[C@H](CCOCc1ccc(Br)cc1)OCOCc1ccccc1. The molecule has 1 atom stereocenters. The normalized spacial score (nSPS) is 12.0. The Balaban J connectivity index is 1.60. The fraction of sp³-hybridized carbons (Fsp3) is 0.333. The number of hydrogen-bond donors (Lipinski definition) is 0. The summed E-state index contributed by atoms with van der Waals surface area (Å²) in [6.07, 6.45) is 3.54. The minimum Gasteiger partial charge on any atom is -0.377 e. The van der Waals surface area contributed by atoms with Gasteiger partial charge in [-0.15, -0.1) is 6.58 Å². The molecule has 0 fully saturated rings. The Hall–Kier alpha value is -1.46. The van der Waals surface area contributed by atoms with Crippen molar-refractivity contribution >= 4 is 15.9 Å². The lowest BCUT2D eigenvalue weighted by Gasteiger charge is -2.16. The van der Waals surface area contributed by atoms with Crippen LogP contribution in [0, 0.1) is 0 Å². The maximum absolute atomic E-state index is 5.79. The maximum atomic E-state index is 5.79. The Bertz CT molecular complexity index is 598. The van der Waals surface area contributed by atoms with E-state index in [1.165, 1.54) is 0 Å². The molecule has 0 aromatic heterocycles. The summed E-state index contributed by atoms with van der Waals surface area (Å²) in [7, 11) is 0. The number of rotatable bonds is 12. The van der Waals surface area contributed by atoms with E-state index in [1.807, 2.05) is 48.5 Å². The van der Waals surface area contributed by atoms with Gasteiger partial charge in [0.25, 0.3) is 0 Å². The van der Waals surface area contributed by atoms with Crippen molar-refractivity contribution < 1.29 is 14.2 Å². The largest absolute Gasteiger partial charge is 0.377 e. The van der Waals surface area contributed by atoms with Gasteiger partial charge in [0.15, 0.2) is 0 Å². The topological polar surface area (TPSA) is 27.7 Å². The summed E-state index contributed by atoms with van der Waals surface area (Å²) < 4.78 is 18.2. The molecule has 4 heteroatoms. The maximum Gasteiger partial charge on any atom is 0.147 e. The van der Waals surface area contributed by atoms with Crippen LogP contribution in [0.5, 0.6) is 0 Å². The van der Waals surface area contributed by atoms with Crippen molar-refractivity contribution in [3.63, 3.8) is 0 Å². The van der Waals surface area contributed by atoms with Gasteiger partial charge >= 0.3 is 0 Å². The van der Waals surface area contributed by atoms with E-state index in [1.54, 1.807) is 0 Å². The van der Waals surface area contributed by atoms with Crippen LogP contribution in [0.25, 0.3) is 0 Å². The van der Waals surface area contributed by atoms with E-state index < -0.39 is 0 Å². The molecule has 0 N–H and O–H groups in total. The second kappa shape index (κ2) is 12.0. The molecule has 0 heterocycles. The summed E-state index contributed by atoms with van der Waals surface area (Å²) in [4.78, 5) is 0. The molecule has 0 bridgehead atoms. The minimum absolute atomic E-state index is 0.0678. The van der Waals surface area contributed by atoms with Crippen molar-refractivity contribution in [2.75, 3.05) is 13.4 Å². The van der Waals surface area contributed by atoms with Gasteiger partial charge in [-0.2, -0.15) is 0 Å². The zero-order chi connectivity index (χ0) is 17.7. The first-order valence-corrected chi connectivity index (χ1v) is 9.23. The molecule has 134 valence electrons. The van der Waals surface area contributed by atoms with E-state index in [-0.39, 0.29) is 12.9 Å². The first-order chi connectivity index (χ1) is 12.3. The van der Waals surface area contributed by atoms with Gasteiger partial charge in [-0.25, -0.2) is 0 Å². The third kappa shape index (κ3) is 8.45. The Labute approximate surface area is 158 Å². The van der Waals surface area contributed by atoms with E-state index in [9.17, 15) is 0 Å². The van der Waals surface area contributed by atoms with E-state index in [2.05, 4.69) is 34.6 Å². The molecule has 2 aromatic rings. The monoisotopic (exact) mass is 404 g/mol. The van der Waals surface area contributed by atoms with Crippen LogP contribution in [0.2, 0.25) is 0 Å². The molecule has 0 radical (unpaired) electrons. The van der Waals surface area contributed by atoms with Gasteiger partial charge in [-0.3, -0.25) is 0 Å². The summed E-state index contributed by atoms with van der Waals surface area (Å²) in [5, 5.41) is 0. The molecule has 0 saturated heterocycles. The molecule has 0 aliphatic rings. The summed E-state index contributed by atoms with van der Waals surface area (Å²) in [6, 6.07) is 18.2. The average molecular weight is 405 g/mol. The van der Waals surface area contributed by atoms with Crippen molar-refractivity contribution in [2.45, 2.75) is 32.2 Å². The van der Waals surface area contributed by atoms with E-state index in [4.69, 9.17) is 14.2 Å². The van der Waals surface area contributed by atoms with Crippen LogP contribution in [-0.4, -0.2) is 19.5 Å². The molecule has 3 nitrogen and oxygen atoms in total. The second-order valence-corrected chi connectivity index (χ2v) is 6.65. The zero-order valence-electron chi connectivity index (χ0n) is 14.4. The fourth-order valence-electron chi connectivity index (χ4n) is 2.32. The Kier molecular flexibility index (Phi) is 9.52. The number of ether oxygens (including phenoxy) is 3. The standard InChI is InChI=1S/C21H25BrO3/c1-2-6-21(25-17-24-16-18-7-4-3-5-8-18)13-14-23-15-19-9-11-20(22)12-10-19/h2-5,7-12,21H,1,6,13-17H2/t21-/m1/s1. The van der Waals surface area contributed by atoms with Crippen molar-refractivity contribution in [2.24, 2.45) is 0 Å². The molecule has 25 heavy (non-hydrogen) atoms. The molecule has 0 saturated carbocycles. The summed E-state index contributed by atoms with van der Waals surface area (Å²) in [5.41, 5.74) is 2.31. The van der Waals surface area contributed by atoms with Gasteiger partial charge < -0.3 is 14.2 Å². The Morgan fingerprint density at radius 3 is 2.32 bits per heavy atom. The van der Waals surface area contributed by atoms with Crippen LogP contribution in [0.4, 0.5) is 0 Å². The lowest BCUT2D eigenvalue weighted by Crippen LogP contribution is -2.17. The van der Waals surface area contributed by atoms with Crippen LogP contribution in [-0.2, 0) is 27.4 Å². The summed E-state index contributed by atoms with van der Waals surface area (Å²) in [6.45, 7) is 5.89. The predicted molar refractivity (Wildman–Crippen MR) is 104 cm³/mol. The first-order valence-electron chi connectivity index (χ1n) is 8.44.